The van der Waals surface area contributed by atoms with Crippen LogP contribution in [0.25, 0.3) is 0 Å². The lowest BCUT2D eigenvalue weighted by molar-refractivity contribution is -0.149. The van der Waals surface area contributed by atoms with Crippen LogP contribution in [0.1, 0.15) is 19.8 Å². The Labute approximate surface area is 86.8 Å². The molecule has 0 aromatic rings. The second-order valence-electron chi connectivity index (χ2n) is 3.07. The molecule has 86 valence electrons. The van der Waals surface area contributed by atoms with Crippen molar-refractivity contribution >= 4 is 17.9 Å². The monoisotopic (exact) mass is 217 g/mol. The average Bonchev–Trinajstić information content (AvgIpc) is 2.09. The number of aliphatic imine (C=N–C) groups is 1. The lowest BCUT2D eigenvalue weighted by Crippen LogP contribution is -2.33. The molecular formula is C8H15N3O4. The summed E-state index contributed by atoms with van der Waals surface area (Å²) in [6, 6.07) is -0.705. The van der Waals surface area contributed by atoms with Gasteiger partial charge in [0.25, 0.3) is 0 Å². The number of rotatable bonds is 6. The predicted octanol–water partition coefficient (Wildman–Crippen LogP) is -0.786. The first-order valence-corrected chi connectivity index (χ1v) is 4.41. The molecule has 2 atom stereocenters. The topological polar surface area (TPSA) is 139 Å². The third-order valence-electron chi connectivity index (χ3n) is 1.91. The Morgan fingerprint density at radius 1 is 1.33 bits per heavy atom. The van der Waals surface area contributed by atoms with Gasteiger partial charge in [0.05, 0.1) is 18.4 Å². The summed E-state index contributed by atoms with van der Waals surface area (Å²) in [5.74, 6) is -3.74. The van der Waals surface area contributed by atoms with E-state index in [2.05, 4.69) is 4.99 Å². The first-order chi connectivity index (χ1) is 6.88. The highest BCUT2D eigenvalue weighted by atomic mass is 16.4. The number of carbonyl (C=O) groups is 2. The summed E-state index contributed by atoms with van der Waals surface area (Å²) in [7, 11) is 0. The van der Waals surface area contributed by atoms with Crippen molar-refractivity contribution in [2.75, 3.05) is 0 Å². The molecule has 0 radical (unpaired) electrons. The molecule has 0 spiro atoms. The van der Waals surface area contributed by atoms with Crippen LogP contribution < -0.4 is 11.5 Å². The van der Waals surface area contributed by atoms with Gasteiger partial charge in [0, 0.05) is 0 Å². The van der Waals surface area contributed by atoms with E-state index in [0.717, 1.165) is 0 Å². The molecule has 15 heavy (non-hydrogen) atoms. The number of hydrogen-bond donors (Lipinski definition) is 4. The Morgan fingerprint density at radius 3 is 2.13 bits per heavy atom. The van der Waals surface area contributed by atoms with Crippen molar-refractivity contribution in [3.05, 3.63) is 0 Å². The number of nitrogens with zero attached hydrogens (tertiary/aromatic N) is 1. The van der Waals surface area contributed by atoms with E-state index in [1.807, 2.05) is 0 Å². The second kappa shape index (κ2) is 5.84. The maximum atomic E-state index is 10.8. The van der Waals surface area contributed by atoms with Gasteiger partial charge in [0.1, 0.15) is 0 Å². The average molecular weight is 217 g/mol. The van der Waals surface area contributed by atoms with Crippen molar-refractivity contribution in [2.45, 2.75) is 25.8 Å². The SMILES string of the molecule is CCC(N=C(N)N)C(CC(=O)O)C(=O)O. The summed E-state index contributed by atoms with van der Waals surface area (Å²) in [5.41, 5.74) is 10.3. The van der Waals surface area contributed by atoms with Gasteiger partial charge in [0.15, 0.2) is 5.96 Å². The lowest BCUT2D eigenvalue weighted by atomic mass is 9.95. The van der Waals surface area contributed by atoms with Crippen molar-refractivity contribution in [3.63, 3.8) is 0 Å². The van der Waals surface area contributed by atoms with Crippen molar-refractivity contribution < 1.29 is 19.8 Å². The molecular weight excluding hydrogens is 202 g/mol. The Kier molecular flexibility index (Phi) is 5.14. The van der Waals surface area contributed by atoms with Crippen LogP contribution in [0.4, 0.5) is 0 Å². The molecule has 6 N–H and O–H groups in total. The third kappa shape index (κ3) is 4.84. The Hall–Kier alpha value is -1.79. The number of nitrogens with two attached hydrogens (primary N) is 2. The highest BCUT2D eigenvalue weighted by Gasteiger charge is 2.29. The standard InChI is InChI=1S/C8H15N3O4/c1-2-5(11-8(9)10)4(7(14)15)3-6(12)13/h4-5H,2-3H2,1H3,(H,12,13)(H,14,15)(H4,9,10,11). The van der Waals surface area contributed by atoms with Crippen LogP contribution in [0, 0.1) is 5.92 Å². The molecule has 0 aromatic carbocycles. The molecule has 0 amide bonds. The van der Waals surface area contributed by atoms with Crippen LogP contribution in [0.15, 0.2) is 4.99 Å². The minimum absolute atomic E-state index is 0.238. The molecule has 0 aliphatic rings. The van der Waals surface area contributed by atoms with Crippen LogP contribution >= 0.6 is 0 Å². The highest BCUT2D eigenvalue weighted by Crippen LogP contribution is 2.16. The van der Waals surface area contributed by atoms with E-state index in [1.165, 1.54) is 0 Å². The predicted molar refractivity (Wildman–Crippen MR) is 53.3 cm³/mol. The quantitative estimate of drug-likeness (QED) is 0.339. The lowest BCUT2D eigenvalue weighted by Gasteiger charge is -2.17. The molecule has 0 heterocycles. The van der Waals surface area contributed by atoms with Crippen LogP contribution in [-0.4, -0.2) is 34.2 Å². The summed E-state index contributed by atoms with van der Waals surface area (Å²) >= 11 is 0. The molecule has 2 unspecified atom stereocenters. The third-order valence-corrected chi connectivity index (χ3v) is 1.91. The fourth-order valence-corrected chi connectivity index (χ4v) is 1.23. The Morgan fingerprint density at radius 2 is 1.87 bits per heavy atom. The van der Waals surface area contributed by atoms with Gasteiger partial charge in [-0.2, -0.15) is 0 Å². The number of hydrogen-bond acceptors (Lipinski definition) is 3. The molecule has 0 fully saturated rings. The fraction of sp³-hybridized carbons (Fsp3) is 0.625. The fourth-order valence-electron chi connectivity index (χ4n) is 1.23. The number of carboxylic acids is 2. The molecule has 0 saturated heterocycles. The van der Waals surface area contributed by atoms with E-state index < -0.39 is 30.3 Å². The minimum atomic E-state index is -1.21. The van der Waals surface area contributed by atoms with Crippen LogP contribution in [0.2, 0.25) is 0 Å². The van der Waals surface area contributed by atoms with Gasteiger partial charge in [-0.05, 0) is 6.42 Å². The molecule has 0 saturated carbocycles. The smallest absolute Gasteiger partial charge is 0.309 e. The largest absolute Gasteiger partial charge is 0.481 e. The number of carboxylic acid groups (broad SMARTS) is 2. The summed E-state index contributed by atoms with van der Waals surface area (Å²) in [6.45, 7) is 1.69. The molecule has 0 aromatic heterocycles. The van der Waals surface area contributed by atoms with Crippen molar-refractivity contribution in [3.8, 4) is 0 Å². The zero-order chi connectivity index (χ0) is 12.0. The maximum Gasteiger partial charge on any atom is 0.309 e. The zero-order valence-electron chi connectivity index (χ0n) is 8.38. The van der Waals surface area contributed by atoms with Crippen molar-refractivity contribution in [1.82, 2.24) is 0 Å². The number of aliphatic carboxylic acids is 2. The summed E-state index contributed by atoms with van der Waals surface area (Å²) in [5, 5.41) is 17.4. The van der Waals surface area contributed by atoms with Gasteiger partial charge in [-0.25, -0.2) is 4.99 Å². The molecule has 7 nitrogen and oxygen atoms in total. The van der Waals surface area contributed by atoms with Gasteiger partial charge < -0.3 is 21.7 Å². The van der Waals surface area contributed by atoms with Crippen LogP contribution in [-0.2, 0) is 9.59 Å². The van der Waals surface area contributed by atoms with E-state index in [-0.39, 0.29) is 5.96 Å². The van der Waals surface area contributed by atoms with E-state index in [4.69, 9.17) is 21.7 Å². The van der Waals surface area contributed by atoms with Gasteiger partial charge in [-0.3, -0.25) is 9.59 Å². The number of guanidine groups is 1. The first-order valence-electron chi connectivity index (χ1n) is 4.41. The summed E-state index contributed by atoms with van der Waals surface area (Å²) in [6.07, 6.45) is -0.132. The van der Waals surface area contributed by atoms with E-state index >= 15 is 0 Å². The van der Waals surface area contributed by atoms with Gasteiger partial charge in [-0.15, -0.1) is 0 Å². The van der Waals surface area contributed by atoms with Crippen molar-refractivity contribution in [2.24, 2.45) is 22.4 Å². The zero-order valence-corrected chi connectivity index (χ0v) is 8.38. The molecule has 0 rings (SSSR count). The second-order valence-corrected chi connectivity index (χ2v) is 3.07. The normalized spacial score (nSPS) is 13.9. The van der Waals surface area contributed by atoms with Gasteiger partial charge >= 0.3 is 11.9 Å². The first kappa shape index (κ1) is 13.2. The molecule has 0 aliphatic carbocycles. The van der Waals surface area contributed by atoms with Crippen LogP contribution in [0.3, 0.4) is 0 Å². The van der Waals surface area contributed by atoms with Gasteiger partial charge in [-0.1, -0.05) is 6.92 Å². The highest BCUT2D eigenvalue weighted by molar-refractivity contribution is 5.80. The van der Waals surface area contributed by atoms with E-state index in [9.17, 15) is 9.59 Å². The van der Waals surface area contributed by atoms with E-state index in [1.54, 1.807) is 6.92 Å². The molecule has 7 heteroatoms. The molecule has 0 aliphatic heterocycles. The maximum absolute atomic E-state index is 10.8. The Bertz CT molecular complexity index is 273. The minimum Gasteiger partial charge on any atom is -0.481 e. The van der Waals surface area contributed by atoms with Crippen molar-refractivity contribution in [1.29, 1.82) is 0 Å². The summed E-state index contributed by atoms with van der Waals surface area (Å²) < 4.78 is 0. The molecule has 0 bridgehead atoms. The van der Waals surface area contributed by atoms with Gasteiger partial charge in [0.2, 0.25) is 0 Å². The van der Waals surface area contributed by atoms with E-state index in [0.29, 0.717) is 6.42 Å². The van der Waals surface area contributed by atoms with Crippen LogP contribution in [0.5, 0.6) is 0 Å². The summed E-state index contributed by atoms with van der Waals surface area (Å²) in [4.78, 5) is 24.9. The Balaban J connectivity index is 4.78.